The van der Waals surface area contributed by atoms with Crippen LogP contribution in [0.3, 0.4) is 0 Å². The molecule has 1 saturated heterocycles. The van der Waals surface area contributed by atoms with Gasteiger partial charge in [-0.25, -0.2) is 9.97 Å². The molecule has 0 aromatic carbocycles. The van der Waals surface area contributed by atoms with Gasteiger partial charge in [-0.3, -0.25) is 24.7 Å². The highest BCUT2D eigenvalue weighted by Gasteiger charge is 2.40. The van der Waals surface area contributed by atoms with Crippen molar-refractivity contribution >= 4 is 11.6 Å². The molecule has 0 bridgehead atoms. The zero-order valence-electron chi connectivity index (χ0n) is 77.4. The fraction of sp³-hybridized carbons (Fsp3) is 0.579. The van der Waals surface area contributed by atoms with Crippen LogP contribution < -0.4 is 0 Å². The first-order valence-electron chi connectivity index (χ1n) is 39.2. The van der Waals surface area contributed by atoms with Gasteiger partial charge in [-0.2, -0.15) is 4.98 Å². The molecular weight excluding hydrogens is 1500 g/mol. The minimum absolute atomic E-state index is 0.0904. The third kappa shape index (κ3) is 45.6. The SMILES string of the molecule is CC(C)(C)C#CC(C)(O)C1=NCC=C1.CC(C)(C)C#CC(C)(O)c1ccccn1.CC(C)(C)C#CC(C)(O)c1cnccn1.CC(C)(C)C#CC(C)(O)c1ncccn1.CN1CCCC(O)(C#CC(C)(C)C)C1=O.Cc1cc(C(C)(O)C#CC(C)(C)C)no1.Cc1nc(C(C)(O)C#CC(C)(C)C)no1.Cc1nnc(C(C)(O)C#CC(C)(C)C)o1. The van der Waals surface area contributed by atoms with E-state index >= 15 is 0 Å². The molecule has 8 N–H and O–H groups in total. The summed E-state index contributed by atoms with van der Waals surface area (Å²) >= 11 is 0. The van der Waals surface area contributed by atoms with E-state index < -0.39 is 44.8 Å². The molecule has 2 aliphatic heterocycles. The first-order chi connectivity index (χ1) is 53.6. The Morgan fingerprint density at radius 3 is 1.20 bits per heavy atom. The molecular formula is C95H134N12O12. The highest BCUT2D eigenvalue weighted by atomic mass is 16.5. The van der Waals surface area contributed by atoms with Gasteiger partial charge in [0.25, 0.3) is 11.8 Å². The number of rotatable bonds is 7. The smallest absolute Gasteiger partial charge is 0.266 e. The highest BCUT2D eigenvalue weighted by Crippen LogP contribution is 2.27. The van der Waals surface area contributed by atoms with Crippen LogP contribution in [0.25, 0.3) is 0 Å². The Kier molecular flexibility index (Phi) is 38.8. The normalized spacial score (nSPS) is 17.2. The van der Waals surface area contributed by atoms with Crippen LogP contribution in [-0.2, 0) is 38.4 Å². The first kappa shape index (κ1) is 107. The zero-order valence-corrected chi connectivity index (χ0v) is 77.4. The van der Waals surface area contributed by atoms with E-state index in [2.05, 4.69) is 150 Å². The van der Waals surface area contributed by atoms with Gasteiger partial charge in [0.05, 0.1) is 24.1 Å². The Labute approximate surface area is 710 Å². The van der Waals surface area contributed by atoms with Gasteiger partial charge in [-0.15, -0.1) is 10.2 Å². The maximum Gasteiger partial charge on any atom is 0.266 e. The van der Waals surface area contributed by atoms with Crippen molar-refractivity contribution in [3.63, 3.8) is 0 Å². The number of aryl methyl sites for hydroxylation is 3. The van der Waals surface area contributed by atoms with Crippen LogP contribution in [-0.4, -0.2) is 139 Å². The number of carbonyl (C=O) groups excluding carboxylic acids is 1. The predicted molar refractivity (Wildman–Crippen MR) is 467 cm³/mol. The van der Waals surface area contributed by atoms with Crippen molar-refractivity contribution in [1.29, 1.82) is 0 Å². The van der Waals surface area contributed by atoms with Crippen molar-refractivity contribution in [3.8, 4) is 94.7 Å². The highest BCUT2D eigenvalue weighted by molar-refractivity contribution is 6.05. The van der Waals surface area contributed by atoms with Crippen LogP contribution in [0.15, 0.2) is 98.1 Å². The summed E-state index contributed by atoms with van der Waals surface area (Å²) in [4.78, 5) is 41.4. The standard InChI is InChI=1S/C13H17NO.2C12H16N2O.C12H17NO2.C12H19NO2.C12H17NO.2C11H16N2O2/c1-12(2,3)8-9-13(4,15)11-7-5-6-10-14-11;1-11(2,3)6-7-12(4,15)10-13-8-5-9-14-10;1-11(2,3)5-6-12(4,15)10-9-13-7-8-14-10;1-9-8-10(13-15-9)12(5,14)7-6-11(2,3)4;1-11(2,3)7-8-12(15)6-5-9-13(4)10(12)14;1-11(2,3)7-8-12(4,14)10-6-5-9-13-10;1-8-12-13-9(15-8)11(5,14)7-6-10(2,3)4;1-8-12-9(13-15-8)11(5,14)7-6-10(2,3)4/h5-7,10,15H,1-4H3;5,8-9,15H,1-4H3;7-9,15H,1-4H3;8,14H,1-5H3;15H,5-6,9H2,1-4H3;5-6,14H,9H2,1-4H3;2*14H,1-5H3. The van der Waals surface area contributed by atoms with Crippen molar-refractivity contribution < 1.29 is 59.1 Å². The number of amides is 1. The maximum absolute atomic E-state index is 11.7. The third-order valence-corrected chi connectivity index (χ3v) is 14.5. The number of hydrogen-bond donors (Lipinski definition) is 8. The fourth-order valence-electron chi connectivity index (χ4n) is 8.11. The lowest BCUT2D eigenvalue weighted by Gasteiger charge is -2.32. The van der Waals surface area contributed by atoms with Crippen LogP contribution in [0.1, 0.15) is 280 Å². The van der Waals surface area contributed by atoms with Crippen molar-refractivity contribution in [2.75, 3.05) is 20.1 Å². The largest absolute Gasteiger partial charge is 0.421 e. The summed E-state index contributed by atoms with van der Waals surface area (Å²) in [5.74, 6) is 48.1. The van der Waals surface area contributed by atoms with Gasteiger partial charge in [0, 0.05) is 108 Å². The molecule has 646 valence electrons. The molecule has 0 saturated carbocycles. The first-order valence-corrected chi connectivity index (χ1v) is 39.2. The molecule has 8 atom stereocenters. The summed E-state index contributed by atoms with van der Waals surface area (Å²) in [7, 11) is 1.70. The molecule has 8 heterocycles. The van der Waals surface area contributed by atoms with Crippen LogP contribution >= 0.6 is 0 Å². The Balaban J connectivity index is 0.000000680. The maximum atomic E-state index is 11.7. The zero-order chi connectivity index (χ0) is 92.2. The molecule has 2 aliphatic rings. The van der Waals surface area contributed by atoms with Crippen molar-refractivity contribution in [2.45, 2.75) is 293 Å². The lowest BCUT2D eigenvalue weighted by atomic mass is 9.90. The van der Waals surface area contributed by atoms with E-state index in [-0.39, 0.29) is 60.9 Å². The number of likely N-dealkylation sites (N-methyl/N-ethyl adjacent to an activating group) is 1. The second-order valence-electron chi connectivity index (χ2n) is 38.3. The summed E-state index contributed by atoms with van der Waals surface area (Å²) in [5.41, 5.74) is -9.20. The summed E-state index contributed by atoms with van der Waals surface area (Å²) in [5, 5.41) is 95.2. The lowest BCUT2D eigenvalue weighted by molar-refractivity contribution is -0.148. The second-order valence-corrected chi connectivity index (χ2v) is 38.3. The minimum atomic E-state index is -1.46. The van der Waals surface area contributed by atoms with E-state index in [4.69, 9.17) is 13.5 Å². The van der Waals surface area contributed by atoms with Crippen molar-refractivity contribution in [3.05, 3.63) is 132 Å². The summed E-state index contributed by atoms with van der Waals surface area (Å²) in [6.45, 7) is 65.4. The van der Waals surface area contributed by atoms with E-state index in [1.54, 1.807) is 130 Å². The Hall–Kier alpha value is -10.2. The van der Waals surface area contributed by atoms with E-state index in [0.29, 0.717) is 65.7 Å². The number of aromatic nitrogens is 10. The van der Waals surface area contributed by atoms with Gasteiger partial charge in [0.2, 0.25) is 28.8 Å². The average Bonchev–Trinajstić information content (AvgIpc) is 1.81. The number of piperidine rings is 1. The molecule has 0 spiro atoms. The number of aliphatic imine (C=N–C) groups is 1. The van der Waals surface area contributed by atoms with Crippen LogP contribution in [0.5, 0.6) is 0 Å². The average molecular weight is 1640 g/mol. The number of pyridine rings is 1. The fourth-order valence-corrected chi connectivity index (χ4v) is 8.11. The van der Waals surface area contributed by atoms with Gasteiger partial charge < -0.3 is 59.2 Å². The van der Waals surface area contributed by atoms with Crippen LogP contribution in [0, 0.1) is 159 Å². The molecule has 0 radical (unpaired) electrons. The van der Waals surface area contributed by atoms with E-state index in [1.165, 1.54) is 6.20 Å². The number of hydrogen-bond acceptors (Lipinski definition) is 23. The van der Waals surface area contributed by atoms with Gasteiger partial charge in [0.15, 0.2) is 39.4 Å². The lowest BCUT2D eigenvalue weighted by Crippen LogP contribution is -2.51. The summed E-state index contributed by atoms with van der Waals surface area (Å²) < 4.78 is 14.8. The molecule has 1 fully saturated rings. The monoisotopic (exact) mass is 1640 g/mol. The molecule has 8 rings (SSSR count). The molecule has 24 heteroatoms. The van der Waals surface area contributed by atoms with Crippen molar-refractivity contribution in [2.24, 2.45) is 48.3 Å². The molecule has 8 unspecified atom stereocenters. The summed E-state index contributed by atoms with van der Waals surface area (Å²) in [6.07, 6.45) is 14.5. The Bertz CT molecular complexity index is 4460. The number of likely N-dealkylation sites (tertiary alicyclic amines) is 1. The predicted octanol–water partition coefficient (Wildman–Crippen LogP) is 14.1. The number of carbonyl (C=O) groups is 1. The molecule has 6 aromatic heterocycles. The molecule has 119 heavy (non-hydrogen) atoms. The van der Waals surface area contributed by atoms with Gasteiger partial charge in [-0.1, -0.05) is 117 Å². The van der Waals surface area contributed by atoms with Crippen LogP contribution in [0.2, 0.25) is 0 Å². The molecule has 6 aromatic rings. The molecule has 0 aliphatic carbocycles. The third-order valence-electron chi connectivity index (χ3n) is 14.5. The second kappa shape index (κ2) is 43.2. The number of nitrogens with zero attached hydrogens (tertiary/aromatic N) is 12. The van der Waals surface area contributed by atoms with Gasteiger partial charge >= 0.3 is 0 Å². The minimum Gasteiger partial charge on any atom is -0.421 e. The van der Waals surface area contributed by atoms with Crippen molar-refractivity contribution in [1.82, 2.24) is 55.3 Å². The molecule has 24 nitrogen and oxygen atoms in total. The topological polar surface area (TPSA) is 363 Å². The Morgan fingerprint density at radius 1 is 0.420 bits per heavy atom. The number of aliphatic hydroxyl groups is 8. The quantitative estimate of drug-likeness (QED) is 0.0688. The van der Waals surface area contributed by atoms with E-state index in [0.717, 1.165) is 6.42 Å². The molecule has 1 amide bonds. The Morgan fingerprint density at radius 2 is 0.832 bits per heavy atom. The van der Waals surface area contributed by atoms with E-state index in [1.807, 2.05) is 190 Å². The van der Waals surface area contributed by atoms with E-state index in [9.17, 15) is 45.6 Å². The van der Waals surface area contributed by atoms with Gasteiger partial charge in [-0.05, 0) is 259 Å². The van der Waals surface area contributed by atoms with Gasteiger partial charge in [0.1, 0.15) is 17.1 Å². The summed E-state index contributed by atoms with van der Waals surface area (Å²) in [6, 6.07) is 8.83. The van der Waals surface area contributed by atoms with Crippen LogP contribution in [0.4, 0.5) is 0 Å².